The van der Waals surface area contributed by atoms with E-state index in [4.69, 9.17) is 4.98 Å². The molecule has 1 amide bonds. The van der Waals surface area contributed by atoms with Crippen LogP contribution in [0, 0.1) is 0 Å². The Morgan fingerprint density at radius 2 is 1.86 bits per heavy atom. The number of amides is 1. The Morgan fingerprint density at radius 1 is 1.09 bits per heavy atom. The predicted octanol–water partition coefficient (Wildman–Crippen LogP) is 4.73. The molecule has 2 aromatic carbocycles. The van der Waals surface area contributed by atoms with Crippen molar-refractivity contribution in [2.45, 2.75) is 6.42 Å². The lowest BCUT2D eigenvalue weighted by Gasteiger charge is -2.01. The number of benzene rings is 2. The van der Waals surface area contributed by atoms with Gasteiger partial charge in [-0.3, -0.25) is 4.79 Å². The molecule has 5 heteroatoms. The van der Waals surface area contributed by atoms with Gasteiger partial charge in [0.25, 0.3) is 0 Å². The summed E-state index contributed by atoms with van der Waals surface area (Å²) in [5, 5.41) is 5.91. The molecule has 2 heterocycles. The summed E-state index contributed by atoms with van der Waals surface area (Å²) >= 11 is 5.07. The highest BCUT2D eigenvalue weighted by atomic mass is 79.9. The predicted molar refractivity (Wildman–Crippen MR) is 93.0 cm³/mol. The molecule has 4 rings (SSSR count). The molecule has 0 spiro atoms. The molecular weight excluding hydrogens is 360 g/mol. The largest absolute Gasteiger partial charge is 0.326 e. The minimum absolute atomic E-state index is 0.0565. The number of aromatic nitrogens is 1. The van der Waals surface area contributed by atoms with Crippen LogP contribution in [0.3, 0.4) is 0 Å². The Hall–Kier alpha value is -1.98. The van der Waals surface area contributed by atoms with Gasteiger partial charge in [-0.25, -0.2) is 4.98 Å². The lowest BCUT2D eigenvalue weighted by Crippen LogP contribution is -2.03. The van der Waals surface area contributed by atoms with Gasteiger partial charge in [-0.05, 0) is 29.8 Å². The third kappa shape index (κ3) is 2.46. The van der Waals surface area contributed by atoms with Crippen LogP contribution >= 0.6 is 27.3 Å². The minimum atomic E-state index is 0.0565. The van der Waals surface area contributed by atoms with E-state index in [1.807, 2.05) is 30.3 Å². The number of halogens is 1. The summed E-state index contributed by atoms with van der Waals surface area (Å²) in [7, 11) is 0. The SMILES string of the molecule is O=C1Cc2cc(-c3csc(-c4ccc(Br)cc4)n3)ccc2N1. The number of anilines is 1. The third-order valence-electron chi connectivity index (χ3n) is 3.62. The van der Waals surface area contributed by atoms with E-state index in [9.17, 15) is 4.79 Å². The van der Waals surface area contributed by atoms with Crippen molar-refractivity contribution in [2.24, 2.45) is 0 Å². The number of fused-ring (bicyclic) bond motifs is 1. The van der Waals surface area contributed by atoms with E-state index in [0.717, 1.165) is 37.6 Å². The van der Waals surface area contributed by atoms with Gasteiger partial charge in [0.1, 0.15) is 5.01 Å². The Kier molecular flexibility index (Phi) is 3.32. The highest BCUT2D eigenvalue weighted by molar-refractivity contribution is 9.10. The second-order valence-electron chi connectivity index (χ2n) is 5.14. The summed E-state index contributed by atoms with van der Waals surface area (Å²) in [6.45, 7) is 0. The van der Waals surface area contributed by atoms with Gasteiger partial charge in [0.15, 0.2) is 0 Å². The molecule has 0 atom stereocenters. The number of hydrogen-bond donors (Lipinski definition) is 1. The van der Waals surface area contributed by atoms with Gasteiger partial charge in [0.05, 0.1) is 12.1 Å². The first-order chi connectivity index (χ1) is 10.7. The highest BCUT2D eigenvalue weighted by Crippen LogP contribution is 2.32. The number of thiazole rings is 1. The van der Waals surface area contributed by atoms with Crippen molar-refractivity contribution in [1.29, 1.82) is 0 Å². The molecule has 3 aromatic rings. The molecule has 0 bridgehead atoms. The van der Waals surface area contributed by atoms with Crippen molar-refractivity contribution >= 4 is 38.9 Å². The molecule has 108 valence electrons. The van der Waals surface area contributed by atoms with Gasteiger partial charge in [0, 0.05) is 26.7 Å². The Balaban J connectivity index is 1.68. The van der Waals surface area contributed by atoms with Gasteiger partial charge in [-0.15, -0.1) is 11.3 Å². The molecule has 22 heavy (non-hydrogen) atoms. The maximum Gasteiger partial charge on any atom is 0.228 e. The zero-order chi connectivity index (χ0) is 15.1. The molecule has 1 aromatic heterocycles. The normalized spacial score (nSPS) is 13.0. The molecule has 1 aliphatic rings. The van der Waals surface area contributed by atoms with Crippen molar-refractivity contribution in [3.63, 3.8) is 0 Å². The van der Waals surface area contributed by atoms with E-state index >= 15 is 0 Å². The van der Waals surface area contributed by atoms with Crippen molar-refractivity contribution in [3.05, 3.63) is 57.9 Å². The van der Waals surface area contributed by atoms with Crippen LogP contribution < -0.4 is 5.32 Å². The molecule has 0 unspecified atom stereocenters. The molecule has 0 fully saturated rings. The average Bonchev–Trinajstić information content (AvgIpc) is 3.12. The van der Waals surface area contributed by atoms with Crippen molar-refractivity contribution in [1.82, 2.24) is 4.98 Å². The van der Waals surface area contributed by atoms with Crippen LogP contribution in [0.1, 0.15) is 5.56 Å². The number of nitrogens with one attached hydrogen (secondary N) is 1. The van der Waals surface area contributed by atoms with Crippen molar-refractivity contribution < 1.29 is 4.79 Å². The maximum absolute atomic E-state index is 11.4. The van der Waals surface area contributed by atoms with Crippen LogP contribution in [0.15, 0.2) is 52.3 Å². The summed E-state index contributed by atoms with van der Waals surface area (Å²) in [5.74, 6) is 0.0565. The molecule has 1 aliphatic heterocycles. The maximum atomic E-state index is 11.4. The number of hydrogen-bond acceptors (Lipinski definition) is 3. The Labute approximate surface area is 140 Å². The second-order valence-corrected chi connectivity index (χ2v) is 6.92. The summed E-state index contributed by atoms with van der Waals surface area (Å²) in [6, 6.07) is 14.1. The number of nitrogens with zero attached hydrogens (tertiary/aromatic N) is 1. The molecule has 0 aliphatic carbocycles. The Morgan fingerprint density at radius 3 is 2.68 bits per heavy atom. The zero-order valence-electron chi connectivity index (χ0n) is 11.5. The standard InChI is InChI=1S/C17H11BrN2OS/c18-13-4-1-10(2-5-13)17-20-15(9-22-17)11-3-6-14-12(7-11)8-16(21)19-14/h1-7,9H,8H2,(H,19,21). The van der Waals surface area contributed by atoms with Crippen LogP contribution in [0.25, 0.3) is 21.8 Å². The van der Waals surface area contributed by atoms with Gasteiger partial charge in [-0.2, -0.15) is 0 Å². The lowest BCUT2D eigenvalue weighted by atomic mass is 10.1. The first-order valence-electron chi connectivity index (χ1n) is 6.84. The lowest BCUT2D eigenvalue weighted by molar-refractivity contribution is -0.115. The molecule has 0 saturated carbocycles. The fourth-order valence-electron chi connectivity index (χ4n) is 2.52. The average molecular weight is 371 g/mol. The smallest absolute Gasteiger partial charge is 0.228 e. The van der Waals surface area contributed by atoms with Crippen LogP contribution in [0.2, 0.25) is 0 Å². The molecule has 1 N–H and O–H groups in total. The van der Waals surface area contributed by atoms with Gasteiger partial charge < -0.3 is 5.32 Å². The number of carbonyl (C=O) groups excluding carboxylic acids is 1. The van der Waals surface area contributed by atoms with E-state index in [-0.39, 0.29) is 5.91 Å². The van der Waals surface area contributed by atoms with Crippen LogP contribution in [-0.4, -0.2) is 10.9 Å². The second kappa shape index (κ2) is 5.34. The fraction of sp³-hybridized carbons (Fsp3) is 0.0588. The van der Waals surface area contributed by atoms with Gasteiger partial charge in [-0.1, -0.05) is 34.1 Å². The third-order valence-corrected chi connectivity index (χ3v) is 5.04. The van der Waals surface area contributed by atoms with E-state index in [2.05, 4.69) is 38.8 Å². The van der Waals surface area contributed by atoms with E-state index < -0.39 is 0 Å². The molecule has 0 saturated heterocycles. The van der Waals surface area contributed by atoms with E-state index in [1.54, 1.807) is 11.3 Å². The van der Waals surface area contributed by atoms with E-state index in [1.165, 1.54) is 0 Å². The quantitative estimate of drug-likeness (QED) is 0.707. The monoisotopic (exact) mass is 370 g/mol. The summed E-state index contributed by atoms with van der Waals surface area (Å²) in [5.41, 5.74) is 5.06. The number of carbonyl (C=O) groups is 1. The number of rotatable bonds is 2. The van der Waals surface area contributed by atoms with Crippen LogP contribution in [-0.2, 0) is 11.2 Å². The van der Waals surface area contributed by atoms with Crippen molar-refractivity contribution in [3.8, 4) is 21.8 Å². The van der Waals surface area contributed by atoms with E-state index in [0.29, 0.717) is 6.42 Å². The van der Waals surface area contributed by atoms with Crippen LogP contribution in [0.5, 0.6) is 0 Å². The zero-order valence-corrected chi connectivity index (χ0v) is 13.9. The van der Waals surface area contributed by atoms with Crippen molar-refractivity contribution in [2.75, 3.05) is 5.32 Å². The first-order valence-corrected chi connectivity index (χ1v) is 8.51. The summed E-state index contributed by atoms with van der Waals surface area (Å²) in [6.07, 6.45) is 0.451. The molecule has 0 radical (unpaired) electrons. The van der Waals surface area contributed by atoms with Gasteiger partial charge >= 0.3 is 0 Å². The topological polar surface area (TPSA) is 42.0 Å². The molecular formula is C17H11BrN2OS. The molecule has 3 nitrogen and oxygen atoms in total. The summed E-state index contributed by atoms with van der Waals surface area (Å²) in [4.78, 5) is 16.2. The van der Waals surface area contributed by atoms with Gasteiger partial charge in [0.2, 0.25) is 5.91 Å². The first kappa shape index (κ1) is 13.7. The minimum Gasteiger partial charge on any atom is -0.326 e. The fourth-order valence-corrected chi connectivity index (χ4v) is 3.62. The van der Waals surface area contributed by atoms with Crippen LogP contribution in [0.4, 0.5) is 5.69 Å². The Bertz CT molecular complexity index is 871. The highest BCUT2D eigenvalue weighted by Gasteiger charge is 2.18. The summed E-state index contributed by atoms with van der Waals surface area (Å²) < 4.78 is 1.06.